The van der Waals surface area contributed by atoms with Crippen molar-refractivity contribution in [2.24, 2.45) is 0 Å². The number of aromatic nitrogens is 2. The quantitative estimate of drug-likeness (QED) is 0.794. The Hall–Kier alpha value is -2.90. The Morgan fingerprint density at radius 3 is 2.71 bits per heavy atom. The highest BCUT2D eigenvalue weighted by molar-refractivity contribution is 6.02. The SMILES string of the molecule is O=C(c1ccc2nc[nH]c2c1)N1CCC(N2C(=O)CNC2=O)CC1. The van der Waals surface area contributed by atoms with Crippen LogP contribution in [0.25, 0.3) is 11.0 Å². The van der Waals surface area contributed by atoms with Gasteiger partial charge in [-0.25, -0.2) is 9.78 Å². The monoisotopic (exact) mass is 327 g/mol. The van der Waals surface area contributed by atoms with E-state index in [0.717, 1.165) is 11.0 Å². The molecule has 2 N–H and O–H groups in total. The van der Waals surface area contributed by atoms with Crippen LogP contribution in [0.2, 0.25) is 0 Å². The molecule has 0 spiro atoms. The number of carbonyl (C=O) groups excluding carboxylic acids is 3. The predicted octanol–water partition coefficient (Wildman–Crippen LogP) is 0.719. The summed E-state index contributed by atoms with van der Waals surface area (Å²) in [7, 11) is 0. The van der Waals surface area contributed by atoms with Gasteiger partial charge in [0.05, 0.1) is 23.9 Å². The van der Waals surface area contributed by atoms with E-state index in [-0.39, 0.29) is 30.4 Å². The van der Waals surface area contributed by atoms with Crippen LogP contribution in [-0.4, -0.2) is 63.3 Å². The Labute approximate surface area is 137 Å². The maximum absolute atomic E-state index is 12.7. The molecule has 3 heterocycles. The number of imidazole rings is 1. The van der Waals surface area contributed by atoms with Crippen molar-refractivity contribution in [3.8, 4) is 0 Å². The van der Waals surface area contributed by atoms with Crippen LogP contribution in [0.15, 0.2) is 24.5 Å². The van der Waals surface area contributed by atoms with Gasteiger partial charge in [0, 0.05) is 24.7 Å². The van der Waals surface area contributed by atoms with Gasteiger partial charge >= 0.3 is 6.03 Å². The first kappa shape index (κ1) is 14.7. The number of amides is 4. The van der Waals surface area contributed by atoms with Crippen LogP contribution in [0.1, 0.15) is 23.2 Å². The van der Waals surface area contributed by atoms with E-state index in [1.807, 2.05) is 6.07 Å². The highest BCUT2D eigenvalue weighted by atomic mass is 16.2. The summed E-state index contributed by atoms with van der Waals surface area (Å²) in [6, 6.07) is 4.94. The molecule has 4 rings (SSSR count). The molecule has 24 heavy (non-hydrogen) atoms. The smallest absolute Gasteiger partial charge is 0.324 e. The van der Waals surface area contributed by atoms with Crippen molar-refractivity contribution >= 4 is 28.9 Å². The van der Waals surface area contributed by atoms with Crippen molar-refractivity contribution in [3.63, 3.8) is 0 Å². The Morgan fingerprint density at radius 2 is 2.00 bits per heavy atom. The summed E-state index contributed by atoms with van der Waals surface area (Å²) in [5.74, 6) is -0.225. The molecule has 2 aromatic rings. The van der Waals surface area contributed by atoms with Crippen molar-refractivity contribution in [2.75, 3.05) is 19.6 Å². The largest absolute Gasteiger partial charge is 0.345 e. The number of hydrogen-bond acceptors (Lipinski definition) is 4. The van der Waals surface area contributed by atoms with E-state index in [1.165, 1.54) is 4.90 Å². The summed E-state index contributed by atoms with van der Waals surface area (Å²) in [6.07, 6.45) is 2.82. The number of aromatic amines is 1. The normalized spacial score (nSPS) is 19.2. The summed E-state index contributed by atoms with van der Waals surface area (Å²) in [5.41, 5.74) is 2.26. The predicted molar refractivity (Wildman–Crippen MR) is 85.3 cm³/mol. The summed E-state index contributed by atoms with van der Waals surface area (Å²) >= 11 is 0. The third-order valence-corrected chi connectivity index (χ3v) is 4.66. The van der Waals surface area contributed by atoms with Gasteiger partial charge in [-0.1, -0.05) is 0 Å². The van der Waals surface area contributed by atoms with Gasteiger partial charge in [-0.3, -0.25) is 14.5 Å². The van der Waals surface area contributed by atoms with Gasteiger partial charge in [0.1, 0.15) is 0 Å². The maximum Gasteiger partial charge on any atom is 0.324 e. The summed E-state index contributed by atoms with van der Waals surface area (Å²) in [6.45, 7) is 1.13. The molecule has 1 aromatic carbocycles. The Balaban J connectivity index is 1.44. The maximum atomic E-state index is 12.7. The molecule has 0 saturated carbocycles. The molecule has 124 valence electrons. The second-order valence-electron chi connectivity index (χ2n) is 6.08. The molecule has 0 atom stereocenters. The van der Waals surface area contributed by atoms with Gasteiger partial charge in [0.15, 0.2) is 0 Å². The first-order chi connectivity index (χ1) is 11.6. The van der Waals surface area contributed by atoms with E-state index in [2.05, 4.69) is 15.3 Å². The molecular formula is C16H17N5O3. The Bertz CT molecular complexity index is 806. The summed E-state index contributed by atoms with van der Waals surface area (Å²) in [4.78, 5) is 46.4. The van der Waals surface area contributed by atoms with Crippen LogP contribution < -0.4 is 5.32 Å². The number of likely N-dealkylation sites (tertiary alicyclic amines) is 1. The fraction of sp³-hybridized carbons (Fsp3) is 0.375. The van der Waals surface area contributed by atoms with Gasteiger partial charge in [-0.15, -0.1) is 0 Å². The number of H-pyrrole nitrogens is 1. The lowest BCUT2D eigenvalue weighted by Gasteiger charge is -2.35. The van der Waals surface area contributed by atoms with Crippen molar-refractivity contribution in [1.29, 1.82) is 0 Å². The molecule has 0 radical (unpaired) electrons. The number of imide groups is 1. The van der Waals surface area contributed by atoms with Crippen LogP contribution in [-0.2, 0) is 4.79 Å². The number of hydrogen-bond donors (Lipinski definition) is 2. The first-order valence-corrected chi connectivity index (χ1v) is 7.96. The lowest BCUT2D eigenvalue weighted by Crippen LogP contribution is -2.49. The molecule has 2 fully saturated rings. The lowest BCUT2D eigenvalue weighted by molar-refractivity contribution is -0.127. The average Bonchev–Trinajstić information content (AvgIpc) is 3.20. The molecule has 0 unspecified atom stereocenters. The molecule has 1 aromatic heterocycles. The third-order valence-electron chi connectivity index (χ3n) is 4.66. The van der Waals surface area contributed by atoms with Crippen LogP contribution in [0.3, 0.4) is 0 Å². The third kappa shape index (κ3) is 2.40. The first-order valence-electron chi connectivity index (χ1n) is 7.96. The number of rotatable bonds is 2. The van der Waals surface area contributed by atoms with Crippen LogP contribution in [0.5, 0.6) is 0 Å². The van der Waals surface area contributed by atoms with Crippen LogP contribution >= 0.6 is 0 Å². The van der Waals surface area contributed by atoms with Crippen molar-refractivity contribution in [2.45, 2.75) is 18.9 Å². The zero-order valence-corrected chi connectivity index (χ0v) is 13.0. The number of piperidine rings is 1. The molecular weight excluding hydrogens is 310 g/mol. The topological polar surface area (TPSA) is 98.4 Å². The number of urea groups is 1. The van der Waals surface area contributed by atoms with E-state index in [4.69, 9.17) is 0 Å². The molecule has 0 bridgehead atoms. The Kier molecular flexibility index (Phi) is 3.44. The van der Waals surface area contributed by atoms with Gasteiger partial charge < -0.3 is 15.2 Å². The second kappa shape index (κ2) is 5.63. The molecule has 2 aliphatic heterocycles. The van der Waals surface area contributed by atoms with Gasteiger partial charge in [-0.05, 0) is 31.0 Å². The number of carbonyl (C=O) groups is 3. The molecule has 2 saturated heterocycles. The molecule has 8 heteroatoms. The zero-order chi connectivity index (χ0) is 16.7. The van der Waals surface area contributed by atoms with Gasteiger partial charge in [-0.2, -0.15) is 0 Å². The Morgan fingerprint density at radius 1 is 1.21 bits per heavy atom. The van der Waals surface area contributed by atoms with Crippen molar-refractivity contribution < 1.29 is 14.4 Å². The van der Waals surface area contributed by atoms with Crippen LogP contribution in [0, 0.1) is 0 Å². The van der Waals surface area contributed by atoms with Crippen molar-refractivity contribution in [1.82, 2.24) is 25.1 Å². The van der Waals surface area contributed by atoms with E-state index in [9.17, 15) is 14.4 Å². The molecule has 2 aliphatic rings. The minimum Gasteiger partial charge on any atom is -0.345 e. The van der Waals surface area contributed by atoms with Gasteiger partial charge in [0.25, 0.3) is 5.91 Å². The zero-order valence-electron chi connectivity index (χ0n) is 13.0. The highest BCUT2D eigenvalue weighted by Gasteiger charge is 2.37. The minimum atomic E-state index is -0.325. The number of benzene rings is 1. The molecule has 8 nitrogen and oxygen atoms in total. The number of fused-ring (bicyclic) bond motifs is 1. The van der Waals surface area contributed by atoms with E-state index in [0.29, 0.717) is 31.5 Å². The van der Waals surface area contributed by atoms with Crippen LogP contribution in [0.4, 0.5) is 4.79 Å². The fourth-order valence-corrected chi connectivity index (χ4v) is 3.38. The highest BCUT2D eigenvalue weighted by Crippen LogP contribution is 2.21. The molecule has 4 amide bonds. The average molecular weight is 327 g/mol. The summed E-state index contributed by atoms with van der Waals surface area (Å²) in [5, 5.41) is 2.54. The standard InChI is InChI=1S/C16H17N5O3/c22-14-8-17-16(24)21(14)11-3-5-20(6-4-11)15(23)10-1-2-12-13(7-10)19-9-18-12/h1-2,7,9,11H,3-6,8H2,(H,17,24)(H,18,19). The summed E-state index contributed by atoms with van der Waals surface area (Å²) < 4.78 is 0. The number of nitrogens with zero attached hydrogens (tertiary/aromatic N) is 3. The number of nitrogens with one attached hydrogen (secondary N) is 2. The van der Waals surface area contributed by atoms with E-state index in [1.54, 1.807) is 23.4 Å². The minimum absolute atomic E-state index is 0.0397. The molecule has 0 aliphatic carbocycles. The van der Waals surface area contributed by atoms with E-state index < -0.39 is 0 Å². The lowest BCUT2D eigenvalue weighted by atomic mass is 10.0. The second-order valence-corrected chi connectivity index (χ2v) is 6.08. The van der Waals surface area contributed by atoms with E-state index >= 15 is 0 Å². The van der Waals surface area contributed by atoms with Crippen molar-refractivity contribution in [3.05, 3.63) is 30.1 Å². The van der Waals surface area contributed by atoms with Gasteiger partial charge in [0.2, 0.25) is 5.91 Å². The fourth-order valence-electron chi connectivity index (χ4n) is 3.38.